The molecule has 3 nitrogen and oxygen atoms in total. The summed E-state index contributed by atoms with van der Waals surface area (Å²) < 4.78 is -1.52. The zero-order chi connectivity index (χ0) is 15.5. The summed E-state index contributed by atoms with van der Waals surface area (Å²) in [5.74, 6) is -0.204. The molecule has 116 valence electrons. The van der Waals surface area contributed by atoms with Crippen molar-refractivity contribution in [1.29, 1.82) is 0 Å². The van der Waals surface area contributed by atoms with Gasteiger partial charge in [-0.25, -0.2) is 0 Å². The quantitative estimate of drug-likeness (QED) is 0.807. The Kier molecular flexibility index (Phi) is 5.78. The van der Waals surface area contributed by atoms with E-state index in [9.17, 15) is 4.79 Å². The van der Waals surface area contributed by atoms with Crippen LogP contribution in [-0.4, -0.2) is 29.0 Å². The lowest BCUT2D eigenvalue weighted by Crippen LogP contribution is -3.20. The number of carbonyl (C=O) groups excluding carboxylic acids is 1. The molecule has 1 aromatic carbocycles. The normalized spacial score (nSPS) is 18.3. The van der Waals surface area contributed by atoms with Crippen molar-refractivity contribution in [2.45, 2.75) is 36.1 Å². The first-order chi connectivity index (χ1) is 9.88. The number of carbonyl (C=O) groups is 1. The molecule has 1 heterocycles. The second kappa shape index (κ2) is 7.19. The molecule has 21 heavy (non-hydrogen) atoms. The molecule has 0 bridgehead atoms. The summed E-state index contributed by atoms with van der Waals surface area (Å²) >= 11 is 18.3. The standard InChI is InChI=1S/C15H19Cl3N2O/c1-11-5-7-12(8-6-11)13(21)19-14(15(16,17)18)20-9-3-2-4-10-20/h5-8,14H,2-4,9-10H2,1H3,(H,19,21)/p+1/t14-/m1/s1. The monoisotopic (exact) mass is 349 g/mol. The van der Waals surface area contributed by atoms with E-state index < -0.39 is 9.96 Å². The molecule has 0 aliphatic carbocycles. The Hall–Kier alpha value is -0.480. The number of alkyl halides is 3. The molecule has 0 spiro atoms. The first-order valence-electron chi connectivity index (χ1n) is 7.17. The van der Waals surface area contributed by atoms with Crippen molar-refractivity contribution < 1.29 is 9.69 Å². The minimum atomic E-state index is -1.52. The fraction of sp³-hybridized carbons (Fsp3) is 0.533. The van der Waals surface area contributed by atoms with Gasteiger partial charge in [0.25, 0.3) is 9.70 Å². The van der Waals surface area contributed by atoms with Crippen LogP contribution in [0, 0.1) is 6.92 Å². The van der Waals surface area contributed by atoms with E-state index in [4.69, 9.17) is 34.8 Å². The van der Waals surface area contributed by atoms with Crippen molar-refractivity contribution in [3.05, 3.63) is 35.4 Å². The van der Waals surface area contributed by atoms with Gasteiger partial charge in [0.15, 0.2) is 0 Å². The summed E-state index contributed by atoms with van der Waals surface area (Å²) in [6.45, 7) is 3.79. The average molecular weight is 351 g/mol. The lowest BCUT2D eigenvalue weighted by Gasteiger charge is -2.35. The molecule has 0 saturated carbocycles. The minimum absolute atomic E-state index is 0.204. The van der Waals surface area contributed by atoms with Gasteiger partial charge >= 0.3 is 0 Å². The molecule has 1 atom stereocenters. The third kappa shape index (κ3) is 4.75. The molecule has 0 unspecified atom stereocenters. The van der Waals surface area contributed by atoms with E-state index in [-0.39, 0.29) is 5.91 Å². The Bertz CT molecular complexity index is 479. The first kappa shape index (κ1) is 16.9. The number of amides is 1. The second-order valence-corrected chi connectivity index (χ2v) is 7.90. The van der Waals surface area contributed by atoms with E-state index >= 15 is 0 Å². The smallest absolute Gasteiger partial charge is 0.262 e. The molecule has 0 aromatic heterocycles. The zero-order valence-corrected chi connectivity index (χ0v) is 14.2. The second-order valence-electron chi connectivity index (χ2n) is 5.53. The average Bonchev–Trinajstić information content (AvgIpc) is 2.45. The third-order valence-corrected chi connectivity index (χ3v) is 4.48. The summed E-state index contributed by atoms with van der Waals surface area (Å²) in [5, 5.41) is 2.89. The number of piperidine rings is 1. The van der Waals surface area contributed by atoms with Gasteiger partial charge < -0.3 is 4.90 Å². The minimum Gasteiger partial charge on any atom is -0.312 e. The molecule has 1 fully saturated rings. The van der Waals surface area contributed by atoms with Crippen LogP contribution in [0.5, 0.6) is 0 Å². The van der Waals surface area contributed by atoms with Crippen LogP contribution >= 0.6 is 34.8 Å². The maximum atomic E-state index is 12.4. The van der Waals surface area contributed by atoms with Crippen LogP contribution in [0.2, 0.25) is 0 Å². The number of aryl methyl sites for hydroxylation is 1. The fourth-order valence-corrected chi connectivity index (χ4v) is 3.26. The van der Waals surface area contributed by atoms with Gasteiger partial charge in [0.1, 0.15) is 0 Å². The van der Waals surface area contributed by atoms with E-state index in [1.165, 1.54) is 6.42 Å². The van der Waals surface area contributed by atoms with Crippen molar-refractivity contribution in [2.24, 2.45) is 0 Å². The number of quaternary nitrogens is 1. The van der Waals surface area contributed by atoms with E-state index in [0.29, 0.717) is 5.56 Å². The molecular formula is C15H20Cl3N2O+. The van der Waals surface area contributed by atoms with Gasteiger partial charge in [-0.05, 0) is 38.3 Å². The van der Waals surface area contributed by atoms with Crippen molar-refractivity contribution >= 4 is 40.7 Å². The largest absolute Gasteiger partial charge is 0.312 e. The van der Waals surface area contributed by atoms with E-state index in [0.717, 1.165) is 36.4 Å². The molecule has 1 aliphatic heterocycles. The molecular weight excluding hydrogens is 331 g/mol. The number of rotatable bonds is 3. The number of likely N-dealkylation sites (tertiary alicyclic amines) is 1. The van der Waals surface area contributed by atoms with Crippen LogP contribution in [0.4, 0.5) is 0 Å². The van der Waals surface area contributed by atoms with Crippen molar-refractivity contribution in [2.75, 3.05) is 13.1 Å². The highest BCUT2D eigenvalue weighted by atomic mass is 35.6. The summed E-state index contributed by atoms with van der Waals surface area (Å²) in [4.78, 5) is 13.5. The molecule has 1 amide bonds. The van der Waals surface area contributed by atoms with Gasteiger partial charge in [0.05, 0.1) is 13.1 Å². The molecule has 1 saturated heterocycles. The van der Waals surface area contributed by atoms with E-state index in [2.05, 4.69) is 5.32 Å². The molecule has 6 heteroatoms. The Morgan fingerprint density at radius 1 is 1.14 bits per heavy atom. The molecule has 2 rings (SSSR count). The summed E-state index contributed by atoms with van der Waals surface area (Å²) in [6, 6.07) is 7.36. The van der Waals surface area contributed by atoms with Crippen molar-refractivity contribution in [1.82, 2.24) is 5.32 Å². The first-order valence-corrected chi connectivity index (χ1v) is 8.30. The Morgan fingerprint density at radius 3 is 2.24 bits per heavy atom. The maximum Gasteiger partial charge on any atom is 0.262 e. The molecule has 1 aliphatic rings. The van der Waals surface area contributed by atoms with Gasteiger partial charge in [-0.1, -0.05) is 52.5 Å². The fourth-order valence-electron chi connectivity index (χ4n) is 2.63. The van der Waals surface area contributed by atoms with Gasteiger partial charge in [-0.15, -0.1) is 0 Å². The predicted octanol–water partition coefficient (Wildman–Crippen LogP) is 2.49. The Labute approximate surface area is 140 Å². The number of nitrogens with one attached hydrogen (secondary N) is 2. The molecule has 0 radical (unpaired) electrons. The van der Waals surface area contributed by atoms with Crippen LogP contribution < -0.4 is 10.2 Å². The lowest BCUT2D eigenvalue weighted by molar-refractivity contribution is -0.931. The number of halogens is 3. The van der Waals surface area contributed by atoms with Crippen LogP contribution in [-0.2, 0) is 0 Å². The highest BCUT2D eigenvalue weighted by Crippen LogP contribution is 2.28. The topological polar surface area (TPSA) is 33.5 Å². The van der Waals surface area contributed by atoms with Crippen molar-refractivity contribution in [3.8, 4) is 0 Å². The molecule has 2 N–H and O–H groups in total. The van der Waals surface area contributed by atoms with E-state index in [1.807, 2.05) is 19.1 Å². The predicted molar refractivity (Wildman–Crippen MR) is 87.3 cm³/mol. The number of benzene rings is 1. The van der Waals surface area contributed by atoms with Crippen LogP contribution in [0.1, 0.15) is 35.2 Å². The van der Waals surface area contributed by atoms with Crippen LogP contribution in [0.3, 0.4) is 0 Å². The van der Waals surface area contributed by atoms with Gasteiger partial charge in [-0.2, -0.15) is 0 Å². The Morgan fingerprint density at radius 2 is 1.71 bits per heavy atom. The van der Waals surface area contributed by atoms with Crippen molar-refractivity contribution in [3.63, 3.8) is 0 Å². The van der Waals surface area contributed by atoms with Crippen LogP contribution in [0.15, 0.2) is 24.3 Å². The number of hydrogen-bond acceptors (Lipinski definition) is 1. The Balaban J connectivity index is 2.10. The highest BCUT2D eigenvalue weighted by Gasteiger charge is 2.42. The van der Waals surface area contributed by atoms with Gasteiger partial charge in [-0.3, -0.25) is 10.1 Å². The van der Waals surface area contributed by atoms with Gasteiger partial charge in [0.2, 0.25) is 6.17 Å². The third-order valence-electron chi connectivity index (χ3n) is 3.82. The SMILES string of the molecule is Cc1ccc(C(=O)N[C@H]([NH+]2CCCCC2)C(Cl)(Cl)Cl)cc1. The lowest BCUT2D eigenvalue weighted by atomic mass is 10.1. The maximum absolute atomic E-state index is 12.4. The summed E-state index contributed by atoms with van der Waals surface area (Å²) in [6.07, 6.45) is 2.85. The molecule has 1 aromatic rings. The number of hydrogen-bond donors (Lipinski definition) is 2. The summed E-state index contributed by atoms with van der Waals surface area (Å²) in [7, 11) is 0. The zero-order valence-electron chi connectivity index (χ0n) is 12.0. The van der Waals surface area contributed by atoms with E-state index in [1.54, 1.807) is 12.1 Å². The highest BCUT2D eigenvalue weighted by molar-refractivity contribution is 6.68. The van der Waals surface area contributed by atoms with Crippen LogP contribution in [0.25, 0.3) is 0 Å². The summed E-state index contributed by atoms with van der Waals surface area (Å²) in [5.41, 5.74) is 1.68. The van der Waals surface area contributed by atoms with Gasteiger partial charge in [0, 0.05) is 5.56 Å².